The first-order chi connectivity index (χ1) is 10.5. The van der Waals surface area contributed by atoms with Gasteiger partial charge in [-0.25, -0.2) is 8.78 Å². The highest BCUT2D eigenvalue weighted by Crippen LogP contribution is 2.27. The Morgan fingerprint density at radius 1 is 0.909 bits per heavy atom. The molecule has 0 heterocycles. The van der Waals surface area contributed by atoms with Crippen molar-refractivity contribution in [2.24, 2.45) is 0 Å². The highest BCUT2D eigenvalue weighted by atomic mass is 19.2. The van der Waals surface area contributed by atoms with Crippen LogP contribution in [0.25, 0.3) is 0 Å². The van der Waals surface area contributed by atoms with Gasteiger partial charge in [-0.3, -0.25) is 0 Å². The molecular formula is C19H30F2O. The summed E-state index contributed by atoms with van der Waals surface area (Å²) in [5, 5.41) is 0. The predicted octanol–water partition coefficient (Wildman–Crippen LogP) is 6.57. The molecule has 0 aliphatic rings. The average Bonchev–Trinajstić information content (AvgIpc) is 2.47. The van der Waals surface area contributed by atoms with Gasteiger partial charge in [0, 0.05) is 0 Å². The summed E-state index contributed by atoms with van der Waals surface area (Å²) in [6.07, 6.45) is 9.43. The molecule has 0 radical (unpaired) electrons. The second-order valence-electron chi connectivity index (χ2n) is 6.26. The molecule has 126 valence electrons. The molecule has 3 heteroatoms. The largest absolute Gasteiger partial charge is 0.371 e. The fourth-order valence-electron chi connectivity index (χ4n) is 2.64. The average molecular weight is 312 g/mol. The van der Waals surface area contributed by atoms with Gasteiger partial charge >= 0.3 is 0 Å². The molecule has 1 unspecified atom stereocenters. The van der Waals surface area contributed by atoms with E-state index >= 15 is 0 Å². The third-order valence-corrected chi connectivity index (χ3v) is 3.82. The molecule has 0 saturated carbocycles. The lowest BCUT2D eigenvalue weighted by Crippen LogP contribution is -2.11. The van der Waals surface area contributed by atoms with Crippen molar-refractivity contribution >= 4 is 0 Å². The molecule has 22 heavy (non-hydrogen) atoms. The minimum Gasteiger partial charge on any atom is -0.371 e. The molecule has 0 fully saturated rings. The van der Waals surface area contributed by atoms with Gasteiger partial charge in [0.25, 0.3) is 0 Å². The fourth-order valence-corrected chi connectivity index (χ4v) is 2.64. The zero-order valence-electron chi connectivity index (χ0n) is 14.2. The summed E-state index contributed by atoms with van der Waals surface area (Å²) in [4.78, 5) is 0. The van der Waals surface area contributed by atoms with Gasteiger partial charge in [-0.2, -0.15) is 0 Å². The Morgan fingerprint density at radius 3 is 2.14 bits per heavy atom. The number of hydrogen-bond donors (Lipinski definition) is 0. The van der Waals surface area contributed by atoms with E-state index in [2.05, 4.69) is 6.92 Å². The molecule has 0 spiro atoms. The Morgan fingerprint density at radius 2 is 1.55 bits per heavy atom. The zero-order valence-corrected chi connectivity index (χ0v) is 14.2. The van der Waals surface area contributed by atoms with Gasteiger partial charge in [0.1, 0.15) is 0 Å². The van der Waals surface area contributed by atoms with Crippen molar-refractivity contribution < 1.29 is 13.5 Å². The van der Waals surface area contributed by atoms with E-state index in [0.29, 0.717) is 0 Å². The van der Waals surface area contributed by atoms with Crippen LogP contribution in [0.2, 0.25) is 0 Å². The summed E-state index contributed by atoms with van der Waals surface area (Å²) in [5.74, 6) is -1.60. The molecule has 0 N–H and O–H groups in total. The number of rotatable bonds is 11. The van der Waals surface area contributed by atoms with E-state index in [1.165, 1.54) is 50.7 Å². The Kier molecular flexibility index (Phi) is 9.30. The smallest absolute Gasteiger partial charge is 0.159 e. The summed E-state index contributed by atoms with van der Waals surface area (Å²) in [6, 6.07) is 4.09. The number of ether oxygens (including phenoxy) is 1. The molecule has 0 aliphatic carbocycles. The lowest BCUT2D eigenvalue weighted by atomic mass is 10.0. The maximum absolute atomic E-state index is 13.4. The van der Waals surface area contributed by atoms with Gasteiger partial charge in [-0.1, -0.05) is 57.9 Å². The Hall–Kier alpha value is -0.960. The third kappa shape index (κ3) is 7.35. The minimum absolute atomic E-state index is 0.0719. The van der Waals surface area contributed by atoms with Crippen LogP contribution in [0.5, 0.6) is 0 Å². The topological polar surface area (TPSA) is 9.23 Å². The molecule has 1 rings (SSSR count). The van der Waals surface area contributed by atoms with Crippen molar-refractivity contribution in [3.63, 3.8) is 0 Å². The summed E-state index contributed by atoms with van der Waals surface area (Å²) < 4.78 is 32.4. The van der Waals surface area contributed by atoms with E-state index in [-0.39, 0.29) is 12.2 Å². The van der Waals surface area contributed by atoms with Crippen LogP contribution >= 0.6 is 0 Å². The van der Waals surface area contributed by atoms with Crippen molar-refractivity contribution in [2.75, 3.05) is 0 Å². The van der Waals surface area contributed by atoms with Crippen LogP contribution < -0.4 is 0 Å². The quantitative estimate of drug-likeness (QED) is 0.420. The molecule has 0 bridgehead atoms. The second-order valence-corrected chi connectivity index (χ2v) is 6.26. The first-order valence-corrected chi connectivity index (χ1v) is 8.65. The lowest BCUT2D eigenvalue weighted by Gasteiger charge is -2.21. The minimum atomic E-state index is -0.803. The van der Waals surface area contributed by atoms with Crippen molar-refractivity contribution in [3.8, 4) is 0 Å². The third-order valence-electron chi connectivity index (χ3n) is 3.82. The molecule has 0 saturated heterocycles. The first-order valence-electron chi connectivity index (χ1n) is 8.65. The van der Waals surface area contributed by atoms with Crippen LogP contribution in [0, 0.1) is 11.6 Å². The zero-order chi connectivity index (χ0) is 16.4. The van der Waals surface area contributed by atoms with Gasteiger partial charge in [0.2, 0.25) is 0 Å². The van der Waals surface area contributed by atoms with Gasteiger partial charge < -0.3 is 4.74 Å². The summed E-state index contributed by atoms with van der Waals surface area (Å²) in [7, 11) is 0. The summed E-state index contributed by atoms with van der Waals surface area (Å²) in [5.41, 5.74) is 0.735. The number of unbranched alkanes of at least 4 members (excludes halogenated alkanes) is 6. The highest BCUT2D eigenvalue weighted by Gasteiger charge is 2.15. The molecular weight excluding hydrogens is 282 g/mol. The number of halogens is 2. The monoisotopic (exact) mass is 312 g/mol. The van der Waals surface area contributed by atoms with Gasteiger partial charge in [-0.05, 0) is 38.0 Å². The Bertz CT molecular complexity index is 418. The second kappa shape index (κ2) is 10.7. The van der Waals surface area contributed by atoms with Crippen LogP contribution in [0.4, 0.5) is 8.78 Å². The van der Waals surface area contributed by atoms with Crippen LogP contribution in [0.1, 0.15) is 83.8 Å². The van der Waals surface area contributed by atoms with Gasteiger partial charge in [0.15, 0.2) is 11.6 Å². The van der Waals surface area contributed by atoms with Gasteiger partial charge in [-0.15, -0.1) is 0 Å². The first kappa shape index (κ1) is 19.1. The van der Waals surface area contributed by atoms with Crippen LogP contribution in [0.15, 0.2) is 18.2 Å². The maximum Gasteiger partial charge on any atom is 0.159 e. The van der Waals surface area contributed by atoms with E-state index in [1.807, 2.05) is 13.8 Å². The van der Waals surface area contributed by atoms with E-state index in [4.69, 9.17) is 4.74 Å². The molecule has 0 amide bonds. The molecule has 1 atom stereocenters. The van der Waals surface area contributed by atoms with Crippen LogP contribution in [-0.2, 0) is 4.74 Å². The molecule has 0 aliphatic heterocycles. The Balaban J connectivity index is 2.45. The van der Waals surface area contributed by atoms with Crippen molar-refractivity contribution in [2.45, 2.75) is 84.3 Å². The Labute approximate surface area is 134 Å². The normalized spacial score (nSPS) is 12.8. The standard InChI is InChI=1S/C19H30F2O/c1-4-5-6-7-8-9-10-11-19(22-15(2)3)16-12-13-17(20)18(21)14-16/h12-15,19H,4-11H2,1-3H3. The molecule has 1 aromatic carbocycles. The van der Waals surface area contributed by atoms with E-state index in [0.717, 1.165) is 18.4 Å². The van der Waals surface area contributed by atoms with Crippen LogP contribution in [0.3, 0.4) is 0 Å². The maximum atomic E-state index is 13.4. The molecule has 1 aromatic rings. The van der Waals surface area contributed by atoms with Crippen molar-refractivity contribution in [3.05, 3.63) is 35.4 Å². The van der Waals surface area contributed by atoms with E-state index < -0.39 is 11.6 Å². The van der Waals surface area contributed by atoms with Crippen molar-refractivity contribution in [1.29, 1.82) is 0 Å². The number of hydrogen-bond acceptors (Lipinski definition) is 1. The lowest BCUT2D eigenvalue weighted by molar-refractivity contribution is 0.000113. The number of benzene rings is 1. The summed E-state index contributed by atoms with van der Waals surface area (Å²) >= 11 is 0. The predicted molar refractivity (Wildman–Crippen MR) is 87.9 cm³/mol. The van der Waals surface area contributed by atoms with Crippen LogP contribution in [-0.4, -0.2) is 6.10 Å². The summed E-state index contributed by atoms with van der Waals surface area (Å²) in [6.45, 7) is 6.16. The highest BCUT2D eigenvalue weighted by molar-refractivity contribution is 5.20. The fraction of sp³-hybridized carbons (Fsp3) is 0.684. The van der Waals surface area contributed by atoms with E-state index in [9.17, 15) is 8.78 Å². The molecule has 1 nitrogen and oxygen atoms in total. The van der Waals surface area contributed by atoms with E-state index in [1.54, 1.807) is 6.07 Å². The SMILES string of the molecule is CCCCCCCCCC(OC(C)C)c1ccc(F)c(F)c1. The van der Waals surface area contributed by atoms with Crippen molar-refractivity contribution in [1.82, 2.24) is 0 Å². The molecule has 0 aromatic heterocycles. The van der Waals surface area contributed by atoms with Gasteiger partial charge in [0.05, 0.1) is 12.2 Å².